The Morgan fingerprint density at radius 3 is 2.78 bits per heavy atom. The van der Waals surface area contributed by atoms with Crippen molar-refractivity contribution >= 4 is 40.7 Å². The summed E-state index contributed by atoms with van der Waals surface area (Å²) in [6, 6.07) is 12.3. The molecule has 2 N–H and O–H groups in total. The van der Waals surface area contributed by atoms with Crippen molar-refractivity contribution in [2.75, 3.05) is 48.0 Å². The average molecular weight is 521 g/mol. The normalized spacial score (nSPS) is 16.6. The second-order valence-corrected chi connectivity index (χ2v) is 10.1. The molecule has 2 aromatic carbocycles. The van der Waals surface area contributed by atoms with Gasteiger partial charge in [0.1, 0.15) is 0 Å². The summed E-state index contributed by atoms with van der Waals surface area (Å²) in [7, 11) is 0. The van der Waals surface area contributed by atoms with E-state index in [1.165, 1.54) is 6.07 Å². The highest BCUT2D eigenvalue weighted by molar-refractivity contribution is 7.99. The highest BCUT2D eigenvalue weighted by atomic mass is 32.2. The van der Waals surface area contributed by atoms with Crippen LogP contribution in [0, 0.1) is 10.1 Å². The Kier molecular flexibility index (Phi) is 7.81. The average Bonchev–Trinajstić information content (AvgIpc) is 2.92. The summed E-state index contributed by atoms with van der Waals surface area (Å²) >= 11 is 1.96. The van der Waals surface area contributed by atoms with E-state index in [1.807, 2.05) is 17.8 Å². The van der Waals surface area contributed by atoms with E-state index >= 15 is 0 Å². The van der Waals surface area contributed by atoms with Gasteiger partial charge < -0.3 is 20.3 Å². The zero-order chi connectivity index (χ0) is 25.6. The molecular weight excluding hydrogens is 492 g/mol. The van der Waals surface area contributed by atoms with Crippen molar-refractivity contribution in [2.24, 2.45) is 0 Å². The number of hydrogen-bond donors (Lipinski definition) is 2. The summed E-state index contributed by atoms with van der Waals surface area (Å²) < 4.78 is 5.94. The monoisotopic (exact) mass is 520 g/mol. The van der Waals surface area contributed by atoms with Crippen LogP contribution in [0.25, 0.3) is 11.3 Å². The predicted octanol–water partition coefficient (Wildman–Crippen LogP) is 4.39. The molecule has 0 unspecified atom stereocenters. The first-order valence-corrected chi connectivity index (χ1v) is 13.4. The fraction of sp³-hybridized carbons (Fsp3) is 0.346. The van der Waals surface area contributed by atoms with Crippen LogP contribution >= 0.6 is 11.8 Å². The molecule has 192 valence electrons. The Morgan fingerprint density at radius 1 is 1.08 bits per heavy atom. The van der Waals surface area contributed by atoms with E-state index in [0.29, 0.717) is 37.0 Å². The van der Waals surface area contributed by atoms with E-state index in [4.69, 9.17) is 4.74 Å². The Morgan fingerprint density at radius 2 is 1.95 bits per heavy atom. The fourth-order valence-corrected chi connectivity index (χ4v) is 5.30. The van der Waals surface area contributed by atoms with Crippen LogP contribution in [0.5, 0.6) is 0 Å². The molecule has 1 fully saturated rings. The minimum atomic E-state index is -0.492. The van der Waals surface area contributed by atoms with Gasteiger partial charge in [-0.2, -0.15) is 11.8 Å². The first kappa shape index (κ1) is 25.0. The van der Waals surface area contributed by atoms with Crippen molar-refractivity contribution in [1.82, 2.24) is 15.3 Å². The topological polar surface area (TPSA) is 123 Å². The van der Waals surface area contributed by atoms with Gasteiger partial charge in [0.15, 0.2) is 0 Å². The molecule has 0 radical (unpaired) electrons. The number of nitro groups is 1. The molecule has 6 rings (SSSR count). The molecule has 1 saturated heterocycles. The maximum Gasteiger partial charge on any atom is 0.279 e. The summed E-state index contributed by atoms with van der Waals surface area (Å²) in [4.78, 5) is 35.2. The lowest BCUT2D eigenvalue weighted by Crippen LogP contribution is -2.32. The Balaban J connectivity index is 1.52. The molecule has 1 amide bonds. The van der Waals surface area contributed by atoms with Crippen LogP contribution in [-0.4, -0.2) is 58.5 Å². The van der Waals surface area contributed by atoms with E-state index in [-0.39, 0.29) is 17.2 Å². The minimum absolute atomic E-state index is 0.184. The number of rotatable bonds is 2. The number of nitrogens with zero attached hydrogens (tertiary/aromatic N) is 4. The fourth-order valence-electron chi connectivity index (χ4n) is 4.40. The quantitative estimate of drug-likeness (QED) is 0.374. The predicted molar refractivity (Wildman–Crippen MR) is 145 cm³/mol. The first-order chi connectivity index (χ1) is 18.1. The van der Waals surface area contributed by atoms with E-state index in [1.54, 1.807) is 24.4 Å². The van der Waals surface area contributed by atoms with Gasteiger partial charge in [-0.05, 0) is 54.8 Å². The zero-order valence-corrected chi connectivity index (χ0v) is 21.1. The molecular formula is C26H28N6O4S. The van der Waals surface area contributed by atoms with Crippen LogP contribution in [0.1, 0.15) is 28.8 Å². The lowest BCUT2D eigenvalue weighted by Gasteiger charge is -2.29. The molecule has 0 atom stereocenters. The highest BCUT2D eigenvalue weighted by Crippen LogP contribution is 2.31. The summed E-state index contributed by atoms with van der Waals surface area (Å²) in [5, 5.41) is 18.0. The highest BCUT2D eigenvalue weighted by Gasteiger charge is 2.20. The minimum Gasteiger partial charge on any atom is -0.377 e. The van der Waals surface area contributed by atoms with Gasteiger partial charge >= 0.3 is 0 Å². The molecule has 11 heteroatoms. The number of amides is 1. The van der Waals surface area contributed by atoms with Crippen LogP contribution in [0.3, 0.4) is 0 Å². The molecule has 3 aliphatic rings. The molecule has 0 saturated carbocycles. The number of benzene rings is 2. The second-order valence-electron chi connectivity index (χ2n) is 8.88. The molecule has 3 aliphatic heterocycles. The van der Waals surface area contributed by atoms with Crippen molar-refractivity contribution < 1.29 is 14.5 Å². The zero-order valence-electron chi connectivity index (χ0n) is 20.3. The number of ether oxygens (including phenoxy) is 1. The van der Waals surface area contributed by atoms with Crippen LogP contribution in [-0.2, 0) is 11.3 Å². The van der Waals surface area contributed by atoms with Crippen molar-refractivity contribution in [3.05, 3.63) is 69.9 Å². The van der Waals surface area contributed by atoms with Crippen LogP contribution < -0.4 is 15.5 Å². The van der Waals surface area contributed by atoms with Gasteiger partial charge in [0, 0.05) is 66.9 Å². The largest absolute Gasteiger partial charge is 0.377 e. The lowest BCUT2D eigenvalue weighted by atomic mass is 10.1. The third-order valence-corrected chi connectivity index (χ3v) is 7.21. The number of carbonyl (C=O) groups excluding carboxylic acids is 1. The Bertz CT molecular complexity index is 1300. The smallest absolute Gasteiger partial charge is 0.279 e. The van der Waals surface area contributed by atoms with Crippen molar-refractivity contribution in [3.63, 3.8) is 0 Å². The number of nitrogens with one attached hydrogen (secondary N) is 2. The van der Waals surface area contributed by atoms with Gasteiger partial charge in [0.05, 0.1) is 22.8 Å². The van der Waals surface area contributed by atoms with Gasteiger partial charge in [-0.3, -0.25) is 14.9 Å². The van der Waals surface area contributed by atoms with Crippen LogP contribution in [0.15, 0.2) is 48.7 Å². The van der Waals surface area contributed by atoms with Gasteiger partial charge in [-0.25, -0.2) is 9.97 Å². The Hall–Kier alpha value is -3.70. The van der Waals surface area contributed by atoms with Gasteiger partial charge in [0.2, 0.25) is 5.95 Å². The summed E-state index contributed by atoms with van der Waals surface area (Å²) in [6.45, 7) is 3.45. The van der Waals surface area contributed by atoms with Gasteiger partial charge in [-0.15, -0.1) is 0 Å². The van der Waals surface area contributed by atoms with Crippen molar-refractivity contribution in [3.8, 4) is 11.3 Å². The molecule has 1 aromatic heterocycles. The summed E-state index contributed by atoms with van der Waals surface area (Å²) in [5.41, 5.74) is 3.73. The number of fused-ring (bicyclic) bond motifs is 9. The third kappa shape index (κ3) is 6.17. The number of hydrogen-bond acceptors (Lipinski definition) is 9. The van der Waals surface area contributed by atoms with E-state index in [9.17, 15) is 14.9 Å². The number of thioether (sulfide) groups is 1. The number of nitro benzene ring substituents is 1. The second kappa shape index (κ2) is 11.6. The molecule has 37 heavy (non-hydrogen) atoms. The number of carbonyl (C=O) groups is 1. The Labute approximate surface area is 219 Å². The van der Waals surface area contributed by atoms with Crippen LogP contribution in [0.2, 0.25) is 0 Å². The molecule has 6 bridgehead atoms. The van der Waals surface area contributed by atoms with Gasteiger partial charge in [0.25, 0.3) is 11.6 Å². The van der Waals surface area contributed by atoms with E-state index in [2.05, 4.69) is 37.6 Å². The first-order valence-electron chi connectivity index (χ1n) is 12.3. The van der Waals surface area contributed by atoms with Crippen molar-refractivity contribution in [2.45, 2.75) is 19.4 Å². The SMILES string of the molecule is O=C1NCCCCOCc2cc(cc(N3CCSCC3)c2)Nc2nccc(n2)-c2ccc1cc2[N+](=O)[O-]. The van der Waals surface area contributed by atoms with Crippen molar-refractivity contribution in [1.29, 1.82) is 0 Å². The molecule has 0 spiro atoms. The summed E-state index contributed by atoms with van der Waals surface area (Å²) in [5.74, 6) is 2.15. The van der Waals surface area contributed by atoms with Crippen LogP contribution in [0.4, 0.5) is 23.0 Å². The number of anilines is 3. The maximum atomic E-state index is 12.6. The van der Waals surface area contributed by atoms with Gasteiger partial charge in [-0.1, -0.05) is 0 Å². The molecule has 0 aliphatic carbocycles. The maximum absolute atomic E-state index is 12.6. The molecule has 10 nitrogen and oxygen atoms in total. The van der Waals surface area contributed by atoms with E-state index < -0.39 is 4.92 Å². The summed E-state index contributed by atoms with van der Waals surface area (Å²) in [6.07, 6.45) is 3.09. The standard InChI is InChI=1S/C26H28N6O4S/c33-25-19-3-4-22(24(15-19)32(34)35)23-5-7-28-26(30-23)29-20-13-18(17-36-10-2-1-6-27-25)14-21(16-20)31-8-11-37-12-9-31/h3-5,7,13-16H,1-2,6,8-12,17H2,(H,27,33)(H,28,29,30). The molecule has 4 heterocycles. The van der Waals surface area contributed by atoms with E-state index in [0.717, 1.165) is 54.4 Å². The molecule has 3 aromatic rings. The number of aromatic nitrogens is 2. The lowest BCUT2D eigenvalue weighted by molar-refractivity contribution is -0.384. The third-order valence-electron chi connectivity index (χ3n) is 6.27.